The van der Waals surface area contributed by atoms with E-state index in [4.69, 9.17) is 0 Å². The van der Waals surface area contributed by atoms with Crippen molar-refractivity contribution in [2.24, 2.45) is 5.92 Å². The Morgan fingerprint density at radius 2 is 1.74 bits per heavy atom. The molecule has 2 atom stereocenters. The number of sulfonamides is 1. The lowest BCUT2D eigenvalue weighted by Gasteiger charge is -2.30. The summed E-state index contributed by atoms with van der Waals surface area (Å²) < 4.78 is 27.4. The zero-order valence-corrected chi connectivity index (χ0v) is 20.8. The van der Waals surface area contributed by atoms with E-state index in [2.05, 4.69) is 17.6 Å². The second-order valence-corrected chi connectivity index (χ2v) is 11.2. The van der Waals surface area contributed by atoms with Crippen molar-refractivity contribution < 1.29 is 18.0 Å². The highest BCUT2D eigenvalue weighted by Gasteiger charge is 2.28. The highest BCUT2D eigenvalue weighted by atomic mass is 32.2. The van der Waals surface area contributed by atoms with Gasteiger partial charge in [0.15, 0.2) is 0 Å². The Morgan fingerprint density at radius 1 is 1.03 bits per heavy atom. The third-order valence-electron chi connectivity index (χ3n) is 6.38. The molecule has 1 aliphatic rings. The molecule has 3 aromatic rings. The molecule has 0 saturated carbocycles. The summed E-state index contributed by atoms with van der Waals surface area (Å²) in [7, 11) is -3.55. The summed E-state index contributed by atoms with van der Waals surface area (Å²) in [5, 5.41) is 7.56. The summed E-state index contributed by atoms with van der Waals surface area (Å²) in [5.41, 5.74) is 1.37. The summed E-state index contributed by atoms with van der Waals surface area (Å²) in [6, 6.07) is 19.1. The summed E-state index contributed by atoms with van der Waals surface area (Å²) in [4.78, 5) is 25.4. The predicted octanol–water partition coefficient (Wildman–Crippen LogP) is 3.95. The van der Waals surface area contributed by atoms with Gasteiger partial charge in [-0.15, -0.1) is 0 Å². The van der Waals surface area contributed by atoms with E-state index in [1.165, 1.54) is 16.4 Å². The Labute approximate surface area is 206 Å². The fourth-order valence-corrected chi connectivity index (χ4v) is 6.05. The summed E-state index contributed by atoms with van der Waals surface area (Å²) in [6.45, 7) is 4.73. The topological polar surface area (TPSA) is 95.6 Å². The number of hydrogen-bond donors (Lipinski definition) is 2. The molecule has 0 aliphatic carbocycles. The van der Waals surface area contributed by atoms with E-state index in [1.54, 1.807) is 19.1 Å². The number of hydrogen-bond acceptors (Lipinski definition) is 4. The number of anilines is 1. The number of amides is 2. The minimum atomic E-state index is -3.55. The Hall–Kier alpha value is -3.23. The molecule has 0 bridgehead atoms. The van der Waals surface area contributed by atoms with Crippen LogP contribution in [0.2, 0.25) is 0 Å². The van der Waals surface area contributed by atoms with Crippen LogP contribution < -0.4 is 10.6 Å². The van der Waals surface area contributed by atoms with Crippen LogP contribution in [-0.4, -0.2) is 43.7 Å². The normalized spacial score (nSPS) is 17.6. The molecule has 2 N–H and O–H groups in total. The second kappa shape index (κ2) is 10.6. The molecule has 1 aliphatic heterocycles. The van der Waals surface area contributed by atoms with Crippen LogP contribution in [0, 0.1) is 5.92 Å². The van der Waals surface area contributed by atoms with Crippen molar-refractivity contribution >= 4 is 38.3 Å². The molecule has 35 heavy (non-hydrogen) atoms. The van der Waals surface area contributed by atoms with Crippen LogP contribution in [-0.2, 0) is 26.0 Å². The van der Waals surface area contributed by atoms with Gasteiger partial charge in [0, 0.05) is 18.8 Å². The molecule has 2 amide bonds. The third-order valence-corrected chi connectivity index (χ3v) is 8.26. The molecule has 1 saturated heterocycles. The van der Waals surface area contributed by atoms with Crippen LogP contribution in [0.25, 0.3) is 10.8 Å². The van der Waals surface area contributed by atoms with Crippen molar-refractivity contribution in [2.75, 3.05) is 18.4 Å². The monoisotopic (exact) mass is 493 g/mol. The highest BCUT2D eigenvalue weighted by Crippen LogP contribution is 2.24. The molecule has 0 aromatic heterocycles. The standard InChI is InChI=1S/C27H31N3O4S/c1-19-7-6-16-30(18-19)35(33,34)24-14-12-23(13-15-24)29-27(32)20(2)28-26(31)17-22-10-5-9-21-8-3-4-11-25(21)22/h3-5,8-15,19-20H,6-7,16-18H2,1-2H3,(H,28,31)(H,29,32)/t19-,20+/m1/s1. The lowest BCUT2D eigenvalue weighted by Crippen LogP contribution is -2.42. The van der Waals surface area contributed by atoms with Gasteiger partial charge >= 0.3 is 0 Å². The van der Waals surface area contributed by atoms with E-state index in [1.807, 2.05) is 42.5 Å². The van der Waals surface area contributed by atoms with Crippen LogP contribution >= 0.6 is 0 Å². The maximum Gasteiger partial charge on any atom is 0.246 e. The van der Waals surface area contributed by atoms with Gasteiger partial charge in [0.2, 0.25) is 21.8 Å². The fraction of sp³-hybridized carbons (Fsp3) is 0.333. The van der Waals surface area contributed by atoms with Crippen molar-refractivity contribution in [1.82, 2.24) is 9.62 Å². The van der Waals surface area contributed by atoms with Gasteiger partial charge in [-0.1, -0.05) is 49.4 Å². The van der Waals surface area contributed by atoms with Gasteiger partial charge < -0.3 is 10.6 Å². The van der Waals surface area contributed by atoms with Crippen molar-refractivity contribution in [2.45, 2.75) is 44.0 Å². The lowest BCUT2D eigenvalue weighted by molar-refractivity contribution is -0.125. The summed E-state index contributed by atoms with van der Waals surface area (Å²) in [6.07, 6.45) is 2.06. The molecule has 0 spiro atoms. The van der Waals surface area contributed by atoms with E-state index < -0.39 is 16.1 Å². The number of piperidine rings is 1. The van der Waals surface area contributed by atoms with Gasteiger partial charge in [0.1, 0.15) is 6.04 Å². The molecular formula is C27H31N3O4S. The molecule has 0 radical (unpaired) electrons. The van der Waals surface area contributed by atoms with E-state index in [0.29, 0.717) is 24.7 Å². The predicted molar refractivity (Wildman–Crippen MR) is 137 cm³/mol. The summed E-state index contributed by atoms with van der Waals surface area (Å²) in [5.74, 6) is -0.285. The molecule has 4 rings (SSSR count). The van der Waals surface area contributed by atoms with E-state index in [-0.39, 0.29) is 23.1 Å². The number of rotatable bonds is 7. The number of benzene rings is 3. The number of carbonyl (C=O) groups is 2. The maximum absolute atomic E-state index is 12.9. The Morgan fingerprint density at radius 3 is 2.49 bits per heavy atom. The first-order valence-corrected chi connectivity index (χ1v) is 13.3. The minimum Gasteiger partial charge on any atom is -0.344 e. The molecule has 8 heteroatoms. The van der Waals surface area contributed by atoms with Gasteiger partial charge in [-0.05, 0) is 66.3 Å². The van der Waals surface area contributed by atoms with Crippen LogP contribution in [0.5, 0.6) is 0 Å². The first kappa shape index (κ1) is 24.9. The van der Waals surface area contributed by atoms with Crippen LogP contribution in [0.15, 0.2) is 71.6 Å². The van der Waals surface area contributed by atoms with Crippen molar-refractivity contribution in [3.63, 3.8) is 0 Å². The SMILES string of the molecule is C[C@@H]1CCCN(S(=O)(=O)c2ccc(NC(=O)[C@H](C)NC(=O)Cc3cccc4ccccc34)cc2)C1. The van der Waals surface area contributed by atoms with Crippen LogP contribution in [0.1, 0.15) is 32.3 Å². The zero-order chi connectivity index (χ0) is 25.0. The Balaban J connectivity index is 1.34. The molecule has 1 fully saturated rings. The Bertz CT molecular complexity index is 1320. The van der Waals surface area contributed by atoms with E-state index in [9.17, 15) is 18.0 Å². The minimum absolute atomic E-state index is 0.167. The zero-order valence-electron chi connectivity index (χ0n) is 20.0. The molecule has 7 nitrogen and oxygen atoms in total. The molecular weight excluding hydrogens is 462 g/mol. The van der Waals surface area contributed by atoms with Crippen molar-refractivity contribution in [3.05, 3.63) is 72.3 Å². The quantitative estimate of drug-likeness (QED) is 0.521. The average molecular weight is 494 g/mol. The van der Waals surface area contributed by atoms with E-state index >= 15 is 0 Å². The van der Waals surface area contributed by atoms with Crippen molar-refractivity contribution in [3.8, 4) is 0 Å². The van der Waals surface area contributed by atoms with Gasteiger partial charge in [-0.3, -0.25) is 9.59 Å². The Kier molecular flexibility index (Phi) is 7.52. The first-order valence-electron chi connectivity index (χ1n) is 11.9. The first-order chi connectivity index (χ1) is 16.7. The molecule has 0 unspecified atom stereocenters. The largest absolute Gasteiger partial charge is 0.344 e. The smallest absolute Gasteiger partial charge is 0.246 e. The highest BCUT2D eigenvalue weighted by molar-refractivity contribution is 7.89. The van der Waals surface area contributed by atoms with Gasteiger partial charge in [-0.2, -0.15) is 4.31 Å². The van der Waals surface area contributed by atoms with Gasteiger partial charge in [-0.25, -0.2) is 8.42 Å². The summed E-state index contributed by atoms with van der Waals surface area (Å²) >= 11 is 0. The number of carbonyl (C=O) groups excluding carboxylic acids is 2. The molecule has 184 valence electrons. The maximum atomic E-state index is 12.9. The van der Waals surface area contributed by atoms with Crippen molar-refractivity contribution in [1.29, 1.82) is 0 Å². The van der Waals surface area contributed by atoms with Gasteiger partial charge in [0.25, 0.3) is 0 Å². The average Bonchev–Trinajstić information content (AvgIpc) is 2.84. The lowest BCUT2D eigenvalue weighted by atomic mass is 10.0. The number of nitrogens with one attached hydrogen (secondary N) is 2. The molecule has 1 heterocycles. The van der Waals surface area contributed by atoms with Crippen LogP contribution in [0.3, 0.4) is 0 Å². The van der Waals surface area contributed by atoms with E-state index in [0.717, 1.165) is 29.2 Å². The second-order valence-electron chi connectivity index (χ2n) is 9.23. The molecule has 3 aromatic carbocycles. The van der Waals surface area contributed by atoms with Gasteiger partial charge in [0.05, 0.1) is 11.3 Å². The van der Waals surface area contributed by atoms with Crippen LogP contribution in [0.4, 0.5) is 5.69 Å². The number of fused-ring (bicyclic) bond motifs is 1. The third kappa shape index (κ3) is 5.89. The number of nitrogens with zero attached hydrogens (tertiary/aromatic N) is 1. The fourth-order valence-electron chi connectivity index (χ4n) is 4.45.